The molecule has 98 valence electrons. The van der Waals surface area contributed by atoms with Crippen LogP contribution < -0.4 is 0 Å². The monoisotopic (exact) mass is 247 g/mol. The van der Waals surface area contributed by atoms with Gasteiger partial charge < -0.3 is 10.0 Å². The van der Waals surface area contributed by atoms with Crippen molar-refractivity contribution in [1.82, 2.24) is 4.90 Å². The molecule has 1 heterocycles. The van der Waals surface area contributed by atoms with Crippen LogP contribution in [0, 0.1) is 18.8 Å². The maximum absolute atomic E-state index is 12.4. The van der Waals surface area contributed by atoms with E-state index in [-0.39, 0.29) is 11.7 Å². The highest BCUT2D eigenvalue weighted by Gasteiger charge is 2.27. The normalized spacial score (nSPS) is 24.1. The molecule has 18 heavy (non-hydrogen) atoms. The van der Waals surface area contributed by atoms with Crippen molar-refractivity contribution in [3.63, 3.8) is 0 Å². The molecular formula is C15H21NO2. The number of carbonyl (C=O) groups excluding carboxylic acids is 1. The summed E-state index contributed by atoms with van der Waals surface area (Å²) in [6.07, 6.45) is 1.07. The fourth-order valence-corrected chi connectivity index (χ4v) is 2.51. The lowest BCUT2D eigenvalue weighted by atomic mass is 9.88. The minimum absolute atomic E-state index is 0.0891. The Kier molecular flexibility index (Phi) is 3.60. The van der Waals surface area contributed by atoms with Gasteiger partial charge in [-0.05, 0) is 48.9 Å². The average Bonchev–Trinajstić information content (AvgIpc) is 2.32. The number of piperidine rings is 1. The van der Waals surface area contributed by atoms with Gasteiger partial charge in [0.25, 0.3) is 5.91 Å². The number of phenols is 1. The topological polar surface area (TPSA) is 40.5 Å². The molecule has 1 aliphatic rings. The van der Waals surface area contributed by atoms with Gasteiger partial charge in [0.1, 0.15) is 5.75 Å². The second-order valence-corrected chi connectivity index (χ2v) is 5.49. The number of aromatic hydroxyl groups is 1. The van der Waals surface area contributed by atoms with Crippen LogP contribution in [0.4, 0.5) is 0 Å². The van der Waals surface area contributed by atoms with Crippen LogP contribution in [0.2, 0.25) is 0 Å². The molecule has 3 heteroatoms. The van der Waals surface area contributed by atoms with Gasteiger partial charge in [-0.15, -0.1) is 0 Å². The molecule has 1 saturated heterocycles. The molecule has 0 saturated carbocycles. The molecule has 0 spiro atoms. The Morgan fingerprint density at radius 2 is 2.06 bits per heavy atom. The Morgan fingerprint density at radius 3 is 2.67 bits per heavy atom. The van der Waals surface area contributed by atoms with Gasteiger partial charge in [-0.3, -0.25) is 4.79 Å². The molecule has 0 aromatic heterocycles. The van der Waals surface area contributed by atoms with E-state index in [1.165, 1.54) is 0 Å². The molecular weight excluding hydrogens is 226 g/mol. The molecule has 0 radical (unpaired) electrons. The van der Waals surface area contributed by atoms with Crippen molar-refractivity contribution in [2.24, 2.45) is 11.8 Å². The lowest BCUT2D eigenvalue weighted by molar-refractivity contribution is 0.0627. The Morgan fingerprint density at radius 1 is 1.33 bits per heavy atom. The zero-order valence-corrected chi connectivity index (χ0v) is 11.3. The molecule has 0 aliphatic carbocycles. The Hall–Kier alpha value is -1.51. The molecule has 1 aromatic carbocycles. The van der Waals surface area contributed by atoms with E-state index in [0.717, 1.165) is 25.1 Å². The number of hydrogen-bond acceptors (Lipinski definition) is 2. The first-order valence-electron chi connectivity index (χ1n) is 6.58. The third kappa shape index (κ3) is 2.50. The molecule has 1 aliphatic heterocycles. The Labute approximate surface area is 108 Å². The second-order valence-electron chi connectivity index (χ2n) is 5.49. The van der Waals surface area contributed by atoms with E-state index in [2.05, 4.69) is 13.8 Å². The van der Waals surface area contributed by atoms with E-state index in [1.807, 2.05) is 11.8 Å². The zero-order valence-electron chi connectivity index (χ0n) is 11.3. The molecule has 1 amide bonds. The summed E-state index contributed by atoms with van der Waals surface area (Å²) in [6.45, 7) is 7.99. The Balaban J connectivity index is 2.16. The van der Waals surface area contributed by atoms with Crippen molar-refractivity contribution in [3.8, 4) is 5.75 Å². The van der Waals surface area contributed by atoms with Gasteiger partial charge in [-0.2, -0.15) is 0 Å². The molecule has 2 atom stereocenters. The van der Waals surface area contributed by atoms with Crippen LogP contribution in [0.5, 0.6) is 5.75 Å². The highest BCUT2D eigenvalue weighted by molar-refractivity contribution is 5.95. The summed E-state index contributed by atoms with van der Waals surface area (Å²) in [6, 6.07) is 4.94. The molecule has 3 nitrogen and oxygen atoms in total. The highest BCUT2D eigenvalue weighted by Crippen LogP contribution is 2.25. The third-order valence-electron chi connectivity index (χ3n) is 4.06. The lowest BCUT2D eigenvalue weighted by Gasteiger charge is -2.35. The van der Waals surface area contributed by atoms with Gasteiger partial charge in [-0.1, -0.05) is 13.8 Å². The predicted molar refractivity (Wildman–Crippen MR) is 71.7 cm³/mol. The summed E-state index contributed by atoms with van der Waals surface area (Å²) in [7, 11) is 0. The van der Waals surface area contributed by atoms with Crippen molar-refractivity contribution in [2.45, 2.75) is 27.2 Å². The predicted octanol–water partition coefficient (Wildman–Crippen LogP) is 2.82. The first-order valence-corrected chi connectivity index (χ1v) is 6.58. The molecule has 2 rings (SSSR count). The lowest BCUT2D eigenvalue weighted by Crippen LogP contribution is -2.42. The number of rotatable bonds is 1. The van der Waals surface area contributed by atoms with E-state index < -0.39 is 0 Å². The quantitative estimate of drug-likeness (QED) is 0.829. The minimum Gasteiger partial charge on any atom is -0.508 e. The number of carbonyl (C=O) groups is 1. The van der Waals surface area contributed by atoms with Crippen LogP contribution >= 0.6 is 0 Å². The molecule has 2 unspecified atom stereocenters. The average molecular weight is 247 g/mol. The summed E-state index contributed by atoms with van der Waals surface area (Å²) >= 11 is 0. The minimum atomic E-state index is 0.0891. The number of aryl methyl sites for hydroxylation is 1. The van der Waals surface area contributed by atoms with Crippen molar-refractivity contribution in [3.05, 3.63) is 29.3 Å². The van der Waals surface area contributed by atoms with Gasteiger partial charge in [0.2, 0.25) is 0 Å². The van der Waals surface area contributed by atoms with E-state index in [1.54, 1.807) is 18.2 Å². The second kappa shape index (κ2) is 5.01. The number of amides is 1. The van der Waals surface area contributed by atoms with Crippen molar-refractivity contribution in [1.29, 1.82) is 0 Å². The van der Waals surface area contributed by atoms with Crippen molar-refractivity contribution >= 4 is 5.91 Å². The first-order chi connectivity index (χ1) is 8.49. The number of hydrogen-bond donors (Lipinski definition) is 1. The largest absolute Gasteiger partial charge is 0.508 e. The fourth-order valence-electron chi connectivity index (χ4n) is 2.51. The standard InChI is InChI=1S/C15H21NO2/c1-10-6-7-16(9-12(10)3)15(18)14-5-4-13(17)8-11(14)2/h4-5,8,10,12,17H,6-7,9H2,1-3H3. The number of nitrogens with zero attached hydrogens (tertiary/aromatic N) is 1. The summed E-state index contributed by atoms with van der Waals surface area (Å²) in [5.41, 5.74) is 1.54. The first kappa shape index (κ1) is 12.9. The summed E-state index contributed by atoms with van der Waals surface area (Å²) in [5.74, 6) is 1.55. The van der Waals surface area contributed by atoms with Crippen LogP contribution in [0.25, 0.3) is 0 Å². The molecule has 1 fully saturated rings. The fraction of sp³-hybridized carbons (Fsp3) is 0.533. The maximum atomic E-state index is 12.4. The van der Waals surface area contributed by atoms with E-state index in [0.29, 0.717) is 17.4 Å². The van der Waals surface area contributed by atoms with Crippen molar-refractivity contribution < 1.29 is 9.90 Å². The third-order valence-corrected chi connectivity index (χ3v) is 4.06. The Bertz CT molecular complexity index is 456. The summed E-state index contributed by atoms with van der Waals surface area (Å²) < 4.78 is 0. The van der Waals surface area contributed by atoms with E-state index in [4.69, 9.17) is 0 Å². The van der Waals surface area contributed by atoms with Gasteiger partial charge >= 0.3 is 0 Å². The van der Waals surface area contributed by atoms with Gasteiger partial charge in [0, 0.05) is 18.7 Å². The van der Waals surface area contributed by atoms with Crippen molar-refractivity contribution in [2.75, 3.05) is 13.1 Å². The highest BCUT2D eigenvalue weighted by atomic mass is 16.3. The van der Waals surface area contributed by atoms with Gasteiger partial charge in [0.05, 0.1) is 0 Å². The number of benzene rings is 1. The van der Waals surface area contributed by atoms with Crippen LogP contribution in [0.15, 0.2) is 18.2 Å². The van der Waals surface area contributed by atoms with E-state index >= 15 is 0 Å². The summed E-state index contributed by atoms with van der Waals surface area (Å²) in [5, 5.41) is 9.38. The maximum Gasteiger partial charge on any atom is 0.254 e. The number of phenolic OH excluding ortho intramolecular Hbond substituents is 1. The van der Waals surface area contributed by atoms with Crippen LogP contribution in [0.3, 0.4) is 0 Å². The molecule has 1 N–H and O–H groups in total. The SMILES string of the molecule is Cc1cc(O)ccc1C(=O)N1CCC(C)C(C)C1. The zero-order chi connectivity index (χ0) is 13.3. The van der Waals surface area contributed by atoms with Gasteiger partial charge in [-0.25, -0.2) is 0 Å². The van der Waals surface area contributed by atoms with Crippen LogP contribution in [-0.4, -0.2) is 29.0 Å². The van der Waals surface area contributed by atoms with Crippen LogP contribution in [-0.2, 0) is 0 Å². The molecule has 0 bridgehead atoms. The molecule has 1 aromatic rings. The van der Waals surface area contributed by atoms with Crippen LogP contribution in [0.1, 0.15) is 36.2 Å². The smallest absolute Gasteiger partial charge is 0.254 e. The van der Waals surface area contributed by atoms with E-state index in [9.17, 15) is 9.90 Å². The summed E-state index contributed by atoms with van der Waals surface area (Å²) in [4.78, 5) is 14.4. The number of likely N-dealkylation sites (tertiary alicyclic amines) is 1. The van der Waals surface area contributed by atoms with Gasteiger partial charge in [0.15, 0.2) is 0 Å².